The van der Waals surface area contributed by atoms with Crippen LogP contribution in [0.5, 0.6) is 0 Å². The van der Waals surface area contributed by atoms with E-state index in [0.717, 1.165) is 22.4 Å². The highest BCUT2D eigenvalue weighted by Gasteiger charge is 2.28. The molecule has 0 radical (unpaired) electrons. The highest BCUT2D eigenvalue weighted by molar-refractivity contribution is 6.40. The number of hydrogen-bond acceptors (Lipinski definition) is 4. The lowest BCUT2D eigenvalue weighted by Gasteiger charge is -2.17. The molecular weight excluding hydrogens is 306 g/mol. The molecule has 0 aromatic heterocycles. The van der Waals surface area contributed by atoms with Crippen molar-refractivity contribution in [1.82, 2.24) is 0 Å². The van der Waals surface area contributed by atoms with Crippen molar-refractivity contribution >= 4 is 23.2 Å². The second-order valence-electron chi connectivity index (χ2n) is 5.71. The van der Waals surface area contributed by atoms with Crippen LogP contribution in [0.2, 0.25) is 0 Å². The van der Waals surface area contributed by atoms with Crippen LogP contribution in [-0.2, 0) is 11.3 Å². The largest absolute Gasteiger partial charge is 0.410 e. The van der Waals surface area contributed by atoms with E-state index in [1.807, 2.05) is 36.4 Å². The third kappa shape index (κ3) is 2.62. The van der Waals surface area contributed by atoms with Crippen molar-refractivity contribution in [1.29, 1.82) is 0 Å². The number of rotatable bonds is 4. The van der Waals surface area contributed by atoms with Crippen molar-refractivity contribution < 1.29 is 14.8 Å². The minimum absolute atomic E-state index is 0.0267. The topological polar surface area (TPSA) is 96.0 Å². The predicted octanol–water partition coefficient (Wildman–Crippen LogP) is 2.27. The van der Waals surface area contributed by atoms with Gasteiger partial charge in [0.05, 0.1) is 6.54 Å². The molecule has 1 aliphatic rings. The van der Waals surface area contributed by atoms with Gasteiger partial charge in [-0.3, -0.25) is 9.59 Å². The van der Waals surface area contributed by atoms with E-state index in [2.05, 4.69) is 5.16 Å². The molecule has 0 fully saturated rings. The fourth-order valence-electron chi connectivity index (χ4n) is 2.91. The van der Waals surface area contributed by atoms with Crippen molar-refractivity contribution in [2.45, 2.75) is 19.4 Å². The molecule has 6 nitrogen and oxygen atoms in total. The molecule has 0 bridgehead atoms. The van der Waals surface area contributed by atoms with Gasteiger partial charge < -0.3 is 15.8 Å². The molecule has 0 saturated carbocycles. The van der Waals surface area contributed by atoms with Gasteiger partial charge in [-0.15, -0.1) is 0 Å². The van der Waals surface area contributed by atoms with Gasteiger partial charge in [-0.1, -0.05) is 42.4 Å². The van der Waals surface area contributed by atoms with Crippen molar-refractivity contribution in [2.24, 2.45) is 10.9 Å². The van der Waals surface area contributed by atoms with Crippen LogP contribution in [0.4, 0.5) is 5.69 Å². The first-order chi connectivity index (χ1) is 11.5. The molecule has 0 aliphatic carbocycles. The smallest absolute Gasteiger partial charge is 0.267 e. The molecule has 2 amide bonds. The summed E-state index contributed by atoms with van der Waals surface area (Å²) < 4.78 is 0. The zero-order valence-corrected chi connectivity index (χ0v) is 13.1. The zero-order valence-electron chi connectivity index (χ0n) is 13.1. The Morgan fingerprint density at radius 1 is 1.21 bits per heavy atom. The van der Waals surface area contributed by atoms with E-state index in [1.165, 1.54) is 0 Å². The van der Waals surface area contributed by atoms with E-state index in [0.29, 0.717) is 6.54 Å². The number of benzene rings is 2. The summed E-state index contributed by atoms with van der Waals surface area (Å²) in [5.41, 5.74) is 8.36. The zero-order chi connectivity index (χ0) is 17.3. The number of carbonyl (C=O) groups is 2. The second-order valence-corrected chi connectivity index (χ2v) is 5.71. The molecule has 3 N–H and O–H groups in total. The number of nitrogens with zero attached hydrogens (tertiary/aromatic N) is 2. The molecule has 2 aromatic carbocycles. The molecular formula is C18H17N3O3. The summed E-state index contributed by atoms with van der Waals surface area (Å²) in [6, 6.07) is 14.8. The number of hydrogen-bond donors (Lipinski definition) is 2. The van der Waals surface area contributed by atoms with Crippen molar-refractivity contribution in [3.8, 4) is 0 Å². The SMILES string of the molecule is CC(/C(=N/O)C(N)=O)c1ccc(N2Cc3ccccc3C2=O)cc1. The van der Waals surface area contributed by atoms with Gasteiger partial charge in [0.2, 0.25) is 0 Å². The standard InChI is InChI=1S/C18H17N3O3/c1-11(16(20-24)17(19)22)12-6-8-14(9-7-12)21-10-13-4-2-3-5-15(13)18(21)23/h2-9,11,24H,10H2,1H3,(H2,19,22)/b20-16-. The third-order valence-corrected chi connectivity index (χ3v) is 4.30. The van der Waals surface area contributed by atoms with Crippen LogP contribution in [0.25, 0.3) is 0 Å². The number of primary amides is 1. The minimum Gasteiger partial charge on any atom is -0.410 e. The Balaban J connectivity index is 1.84. The Kier molecular flexibility index (Phi) is 4.04. The summed E-state index contributed by atoms with van der Waals surface area (Å²) in [6.07, 6.45) is 0. The summed E-state index contributed by atoms with van der Waals surface area (Å²) in [5.74, 6) is -1.23. The maximum atomic E-state index is 12.5. The summed E-state index contributed by atoms with van der Waals surface area (Å²) in [4.78, 5) is 25.4. The van der Waals surface area contributed by atoms with Crippen molar-refractivity contribution in [2.75, 3.05) is 4.90 Å². The Hall–Kier alpha value is -3.15. The summed E-state index contributed by atoms with van der Waals surface area (Å²) in [7, 11) is 0. The summed E-state index contributed by atoms with van der Waals surface area (Å²) in [6.45, 7) is 2.26. The number of fused-ring (bicyclic) bond motifs is 1. The molecule has 3 rings (SSSR count). The molecule has 122 valence electrons. The fraction of sp³-hybridized carbons (Fsp3) is 0.167. The average Bonchev–Trinajstić information content (AvgIpc) is 2.92. The Bertz CT molecular complexity index is 828. The van der Waals surface area contributed by atoms with Crippen LogP contribution in [-0.4, -0.2) is 22.7 Å². The number of carbonyl (C=O) groups excluding carboxylic acids is 2. The van der Waals surface area contributed by atoms with Crippen LogP contribution in [0.15, 0.2) is 53.7 Å². The maximum Gasteiger partial charge on any atom is 0.267 e. The molecule has 1 unspecified atom stereocenters. The first kappa shape index (κ1) is 15.7. The fourth-order valence-corrected chi connectivity index (χ4v) is 2.91. The van der Waals surface area contributed by atoms with Crippen LogP contribution in [0.3, 0.4) is 0 Å². The maximum absolute atomic E-state index is 12.5. The van der Waals surface area contributed by atoms with Gasteiger partial charge in [-0.05, 0) is 29.3 Å². The number of anilines is 1. The molecule has 2 aromatic rings. The van der Waals surface area contributed by atoms with Gasteiger partial charge in [0.25, 0.3) is 11.8 Å². The van der Waals surface area contributed by atoms with Crippen molar-refractivity contribution in [3.05, 3.63) is 65.2 Å². The van der Waals surface area contributed by atoms with Crippen molar-refractivity contribution in [3.63, 3.8) is 0 Å². The number of amides is 2. The van der Waals surface area contributed by atoms with Crippen LogP contribution in [0, 0.1) is 0 Å². The van der Waals surface area contributed by atoms with Crippen LogP contribution < -0.4 is 10.6 Å². The van der Waals surface area contributed by atoms with E-state index in [1.54, 1.807) is 24.0 Å². The lowest BCUT2D eigenvalue weighted by Crippen LogP contribution is -2.28. The highest BCUT2D eigenvalue weighted by Crippen LogP contribution is 2.29. The third-order valence-electron chi connectivity index (χ3n) is 4.30. The normalized spacial score (nSPS) is 15.3. The first-order valence-electron chi connectivity index (χ1n) is 7.54. The van der Waals surface area contributed by atoms with Gasteiger partial charge in [0.1, 0.15) is 0 Å². The Labute approximate surface area is 139 Å². The van der Waals surface area contributed by atoms with Crippen LogP contribution >= 0.6 is 0 Å². The number of nitrogens with two attached hydrogens (primary N) is 1. The Morgan fingerprint density at radius 3 is 2.46 bits per heavy atom. The van der Waals surface area contributed by atoms with Gasteiger partial charge in [0.15, 0.2) is 5.71 Å². The van der Waals surface area contributed by atoms with E-state index >= 15 is 0 Å². The molecule has 1 atom stereocenters. The molecule has 24 heavy (non-hydrogen) atoms. The molecule has 0 spiro atoms. The van der Waals surface area contributed by atoms with E-state index in [-0.39, 0.29) is 11.6 Å². The molecule has 1 heterocycles. The predicted molar refractivity (Wildman–Crippen MR) is 90.2 cm³/mol. The first-order valence-corrected chi connectivity index (χ1v) is 7.54. The Morgan fingerprint density at radius 2 is 1.88 bits per heavy atom. The monoisotopic (exact) mass is 323 g/mol. The highest BCUT2D eigenvalue weighted by atomic mass is 16.4. The quantitative estimate of drug-likeness (QED) is 0.513. The summed E-state index contributed by atoms with van der Waals surface area (Å²) in [5, 5.41) is 11.9. The minimum atomic E-state index is -0.765. The van der Waals surface area contributed by atoms with Gasteiger partial charge in [-0.2, -0.15) is 0 Å². The second kappa shape index (κ2) is 6.16. The number of oxime groups is 1. The van der Waals surface area contributed by atoms with Gasteiger partial charge in [-0.25, -0.2) is 0 Å². The lowest BCUT2D eigenvalue weighted by molar-refractivity contribution is -0.112. The van der Waals surface area contributed by atoms with E-state index < -0.39 is 11.8 Å². The van der Waals surface area contributed by atoms with E-state index in [9.17, 15) is 9.59 Å². The van der Waals surface area contributed by atoms with Crippen LogP contribution in [0.1, 0.15) is 34.3 Å². The molecule has 6 heteroatoms. The van der Waals surface area contributed by atoms with E-state index in [4.69, 9.17) is 10.9 Å². The molecule has 1 aliphatic heterocycles. The lowest BCUT2D eigenvalue weighted by atomic mass is 9.95. The molecule has 0 saturated heterocycles. The van der Waals surface area contributed by atoms with Gasteiger partial charge in [0, 0.05) is 17.2 Å². The average molecular weight is 323 g/mol. The summed E-state index contributed by atoms with van der Waals surface area (Å²) >= 11 is 0. The van der Waals surface area contributed by atoms with Gasteiger partial charge >= 0.3 is 0 Å².